The standard InChI is InChI=1S/C63H68N14O17S5/c1-26(78)42-54(83)72-43(27(2)89-10)57-67-36(24-97-57)53(82)73-46-48-49(94-40-17-63(4,87)50(75(7)8)28(3)93-40)62(86)91-18-29-12-11-13-38-41(29)31(19-90-48)47(77(38)88)61(85)92-20-32(64-51(80)34-23-98-59(46)68-34)56-65-33(21-96-56)44-30(55-66-35(22-95-55)52(81)71-42)16-39(79)45(70-44)58-69-37(25-99-58)60(84)76(9)15-14-74(5)6/h11-13,16,21-26,28,32,40,42,46,48-50,78-79,87-88H,14-15,17-20H2,1-10H3,(H,64,80)(H,71,81)(H,72,83)(H,73,82)/b43-27+. The first-order valence-electron chi connectivity index (χ1n) is 30.8. The number of methoxy groups -OCH3 is 1. The van der Waals surface area contributed by atoms with Crippen molar-refractivity contribution in [1.82, 2.24) is 70.6 Å². The molecule has 36 heteroatoms. The first kappa shape index (κ1) is 70.1. The smallest absolute Gasteiger partial charge is 0.358 e. The summed E-state index contributed by atoms with van der Waals surface area (Å²) >= 11 is 4.75. The molecule has 12 bridgehead atoms. The number of cyclic esters (lactones) is 2. The molecule has 31 nitrogen and oxygen atoms in total. The number of benzene rings is 1. The molecule has 0 aliphatic carbocycles. The highest BCUT2D eigenvalue weighted by Crippen LogP contribution is 2.43. The minimum Gasteiger partial charge on any atom is -0.506 e. The minimum atomic E-state index is -1.90. The van der Waals surface area contributed by atoms with Crippen molar-refractivity contribution in [3.8, 4) is 38.4 Å². The van der Waals surface area contributed by atoms with E-state index in [4.69, 9.17) is 43.4 Å². The molecule has 4 aliphatic rings. The maximum atomic E-state index is 15.2. The summed E-state index contributed by atoms with van der Waals surface area (Å²) in [5.74, 6) is -6.54. The van der Waals surface area contributed by atoms with Gasteiger partial charge >= 0.3 is 11.9 Å². The van der Waals surface area contributed by atoms with Crippen LogP contribution in [0.2, 0.25) is 0 Å². The van der Waals surface area contributed by atoms with Crippen molar-refractivity contribution in [3.05, 3.63) is 112 Å². The predicted octanol–water partition coefficient (Wildman–Crippen LogP) is 4.80. The zero-order valence-electron chi connectivity index (χ0n) is 54.7. The topological polar surface area (TPSA) is 396 Å². The Morgan fingerprint density at radius 3 is 2.19 bits per heavy atom. The van der Waals surface area contributed by atoms with Gasteiger partial charge in [0.2, 0.25) is 5.91 Å². The van der Waals surface area contributed by atoms with Gasteiger partial charge < -0.3 is 84.9 Å². The fourth-order valence-electron chi connectivity index (χ4n) is 12.1. The number of likely N-dealkylation sites (N-methyl/N-ethyl adjacent to an activating group) is 3. The van der Waals surface area contributed by atoms with Crippen LogP contribution in [-0.4, -0.2) is 222 Å². The van der Waals surface area contributed by atoms with Gasteiger partial charge in [-0.05, 0) is 73.6 Å². The molecule has 8 aromatic rings. The minimum absolute atomic E-state index is 0.00142. The van der Waals surface area contributed by atoms with E-state index in [9.17, 15) is 34.9 Å². The average molecular weight is 1450 g/mol. The monoisotopic (exact) mass is 1450 g/mol. The molecule has 522 valence electrons. The quantitative estimate of drug-likeness (QED) is 0.0518. The largest absolute Gasteiger partial charge is 0.506 e. The summed E-state index contributed by atoms with van der Waals surface area (Å²) in [5, 5.41) is 66.1. The van der Waals surface area contributed by atoms with E-state index in [0.29, 0.717) is 23.4 Å². The lowest BCUT2D eigenvalue weighted by atomic mass is 9.85. The number of pyridine rings is 1. The number of rotatable bonds is 10. The Labute approximate surface area is 584 Å². The molecule has 1 aromatic carbocycles. The summed E-state index contributed by atoms with van der Waals surface area (Å²) in [6.45, 7) is 5.33. The van der Waals surface area contributed by atoms with Crippen LogP contribution in [0, 0.1) is 0 Å². The summed E-state index contributed by atoms with van der Waals surface area (Å²) in [6, 6.07) is 0.856. The molecule has 7 aromatic heterocycles. The number of aliphatic hydroxyl groups is 2. The highest BCUT2D eigenvalue weighted by atomic mass is 32.1. The van der Waals surface area contributed by atoms with Crippen molar-refractivity contribution < 1.29 is 82.5 Å². The number of carbonyl (C=O) groups is 7. The SMILES string of the molecule is CO/C(C)=C1/NC(=O)C(C(C)O)NC(=O)c2csc(n2)-c2cc(O)c(-c3nc(C(=O)N(C)CCN(C)C)cs3)nc2-c2csc(n2)C2COC(=O)c3c4c5c(cccc5n3O)COC(=O)C(OC3CC(C)(O)C(N(C)C)C(C)O3)C(OC4)C(NC(=O)c3csc1n3)c1nc(cs1)C(=O)N2. The molecular formula is C63H68N14O17S5. The van der Waals surface area contributed by atoms with E-state index >= 15 is 19.2 Å². The second-order valence-corrected chi connectivity index (χ2v) is 28.9. The van der Waals surface area contributed by atoms with E-state index in [1.807, 2.05) is 19.0 Å². The molecule has 10 atom stereocenters. The third kappa shape index (κ3) is 14.1. The number of carbonyl (C=O) groups excluding carboxylic acids is 7. The molecule has 12 rings (SSSR count). The van der Waals surface area contributed by atoms with Gasteiger partial charge in [-0.3, -0.25) is 24.0 Å². The van der Waals surface area contributed by atoms with Crippen LogP contribution in [-0.2, 0) is 51.2 Å². The van der Waals surface area contributed by atoms with E-state index < -0.39 is 127 Å². The number of thiazole rings is 5. The number of esters is 2. The Balaban J connectivity index is 1.04. The van der Waals surface area contributed by atoms with Crippen LogP contribution in [0.4, 0.5) is 0 Å². The summed E-state index contributed by atoms with van der Waals surface area (Å²) in [5.41, 5.74) is -2.06. The molecule has 8 N–H and O–H groups in total. The average Bonchev–Trinajstić information content (AvgIpc) is 1.66. The van der Waals surface area contributed by atoms with Gasteiger partial charge in [0.25, 0.3) is 23.6 Å². The normalized spacial score (nSPS) is 24.1. The first-order chi connectivity index (χ1) is 47.2. The van der Waals surface area contributed by atoms with Gasteiger partial charge in [0.05, 0.1) is 43.1 Å². The van der Waals surface area contributed by atoms with Crippen LogP contribution in [0.25, 0.3) is 49.3 Å². The Morgan fingerprint density at radius 2 is 1.47 bits per heavy atom. The molecule has 0 radical (unpaired) electrons. The predicted molar refractivity (Wildman–Crippen MR) is 360 cm³/mol. The maximum Gasteiger partial charge on any atom is 0.358 e. The summed E-state index contributed by atoms with van der Waals surface area (Å²) < 4.78 is 38.3. The van der Waals surface area contributed by atoms with Crippen molar-refractivity contribution in [2.24, 2.45) is 0 Å². The first-order valence-corrected chi connectivity index (χ1v) is 35.2. The van der Waals surface area contributed by atoms with E-state index in [1.165, 1.54) is 59.5 Å². The molecule has 99 heavy (non-hydrogen) atoms. The fourth-order valence-corrected chi connectivity index (χ4v) is 16.3. The number of aromatic nitrogens is 7. The van der Waals surface area contributed by atoms with Crippen molar-refractivity contribution in [2.75, 3.05) is 62.0 Å². The second-order valence-electron chi connectivity index (χ2n) is 24.6. The Hall–Kier alpha value is -8.79. The van der Waals surface area contributed by atoms with Gasteiger partial charge in [-0.15, -0.1) is 56.7 Å². The molecule has 1 fully saturated rings. The summed E-state index contributed by atoms with van der Waals surface area (Å²) in [6.07, 6.45) is -7.47. The molecule has 1 saturated heterocycles. The van der Waals surface area contributed by atoms with Gasteiger partial charge in [0.1, 0.15) is 120 Å². The number of nitrogens with one attached hydrogen (secondary N) is 4. The number of nitrogens with zero attached hydrogens (tertiary/aromatic N) is 10. The lowest BCUT2D eigenvalue weighted by Gasteiger charge is -2.48. The highest BCUT2D eigenvalue weighted by Gasteiger charge is 2.50. The number of ether oxygens (including phenoxy) is 6. The fraction of sp³-hybridized carbons (Fsp3) is 0.413. The van der Waals surface area contributed by atoms with Crippen molar-refractivity contribution in [1.29, 1.82) is 0 Å². The van der Waals surface area contributed by atoms with Crippen LogP contribution in [0.1, 0.15) is 125 Å². The third-order valence-electron chi connectivity index (χ3n) is 17.0. The zero-order chi connectivity index (χ0) is 70.6. The number of hydrogen-bond acceptors (Lipinski definition) is 30. The lowest BCUT2D eigenvalue weighted by molar-refractivity contribution is -0.280. The second kappa shape index (κ2) is 28.4. The van der Waals surface area contributed by atoms with Crippen LogP contribution in [0.15, 0.2) is 56.9 Å². The van der Waals surface area contributed by atoms with Gasteiger partial charge in [-0.1, -0.05) is 12.1 Å². The van der Waals surface area contributed by atoms with Crippen LogP contribution in [0.3, 0.4) is 0 Å². The Morgan fingerprint density at radius 1 is 0.808 bits per heavy atom. The number of aliphatic hydroxyl groups excluding tert-OH is 1. The van der Waals surface area contributed by atoms with E-state index in [0.717, 1.165) is 56.7 Å². The zero-order valence-corrected chi connectivity index (χ0v) is 58.8. The van der Waals surface area contributed by atoms with Crippen molar-refractivity contribution in [3.63, 3.8) is 0 Å². The lowest BCUT2D eigenvalue weighted by Crippen LogP contribution is -2.62. The molecule has 5 amide bonds. The van der Waals surface area contributed by atoms with Gasteiger partial charge in [0, 0.05) is 70.0 Å². The van der Waals surface area contributed by atoms with Gasteiger partial charge in [-0.25, -0.2) is 39.5 Å². The Kier molecular flexibility index (Phi) is 20.1. The van der Waals surface area contributed by atoms with Crippen LogP contribution >= 0.6 is 56.7 Å². The molecule has 4 aliphatic heterocycles. The number of hydrogen-bond donors (Lipinski definition) is 8. The van der Waals surface area contributed by atoms with Gasteiger partial charge in [-0.2, -0.15) is 4.73 Å². The van der Waals surface area contributed by atoms with Crippen molar-refractivity contribution in [2.45, 2.75) is 108 Å². The Bertz CT molecular complexity index is 4510. The molecule has 0 spiro atoms. The molecule has 11 heterocycles. The number of aromatic hydroxyl groups is 1. The van der Waals surface area contributed by atoms with Crippen molar-refractivity contribution >= 4 is 115 Å². The maximum absolute atomic E-state index is 15.2. The molecule has 10 unspecified atom stereocenters. The van der Waals surface area contributed by atoms with E-state index in [-0.39, 0.29) is 111 Å². The highest BCUT2D eigenvalue weighted by molar-refractivity contribution is 7.14. The number of fused-ring (bicyclic) bond motifs is 15. The van der Waals surface area contributed by atoms with E-state index in [2.05, 4.69) is 36.2 Å². The molecule has 0 saturated carbocycles. The third-order valence-corrected chi connectivity index (χ3v) is 21.4. The molecular weight excluding hydrogens is 1390 g/mol. The summed E-state index contributed by atoms with van der Waals surface area (Å²) in [7, 11) is 10.3. The van der Waals surface area contributed by atoms with E-state index in [1.54, 1.807) is 57.4 Å². The van der Waals surface area contributed by atoms with Crippen LogP contribution < -0.4 is 21.3 Å². The van der Waals surface area contributed by atoms with Crippen LogP contribution in [0.5, 0.6) is 5.75 Å². The number of allylic oxidation sites excluding steroid dienone is 1. The van der Waals surface area contributed by atoms with Gasteiger partial charge in [0.15, 0.2) is 18.1 Å². The number of amides is 5. The summed E-state index contributed by atoms with van der Waals surface area (Å²) in [4.78, 5) is 137.